The molecule has 0 heterocycles. The molecule has 150 valence electrons. The normalized spacial score (nSPS) is 16.6. The topological polar surface area (TPSA) is 83.5 Å². The van der Waals surface area contributed by atoms with Gasteiger partial charge in [0.2, 0.25) is 10.0 Å². The van der Waals surface area contributed by atoms with Crippen molar-refractivity contribution in [3.8, 4) is 0 Å². The van der Waals surface area contributed by atoms with E-state index in [1.807, 2.05) is 12.1 Å². The van der Waals surface area contributed by atoms with Crippen molar-refractivity contribution < 1.29 is 18.3 Å². The Bertz CT molecular complexity index is 904. The lowest BCUT2D eigenvalue weighted by Gasteiger charge is -2.22. The van der Waals surface area contributed by atoms with Crippen molar-refractivity contribution in [1.82, 2.24) is 4.72 Å². The Hall–Kier alpha value is -1.89. The molecule has 3 rings (SSSR count). The number of carbonyl (C=O) groups is 1. The molecular formula is C21H24ClNO4S. The highest BCUT2D eigenvalue weighted by atomic mass is 35.5. The largest absolute Gasteiger partial charge is 0.481 e. The predicted molar refractivity (Wildman–Crippen MR) is 109 cm³/mol. The number of halogens is 1. The van der Waals surface area contributed by atoms with Crippen molar-refractivity contribution >= 4 is 27.6 Å². The number of benzene rings is 2. The quantitative estimate of drug-likeness (QED) is 0.667. The molecule has 0 amide bonds. The lowest BCUT2D eigenvalue weighted by molar-refractivity contribution is -0.137. The summed E-state index contributed by atoms with van der Waals surface area (Å²) in [5, 5.41) is 9.69. The Morgan fingerprint density at radius 3 is 2.21 bits per heavy atom. The van der Waals surface area contributed by atoms with Crippen LogP contribution in [0.25, 0.3) is 0 Å². The van der Waals surface area contributed by atoms with E-state index in [1.165, 1.54) is 24.8 Å². The number of hydrogen-bond acceptors (Lipinski definition) is 3. The Balaban J connectivity index is 1.79. The van der Waals surface area contributed by atoms with Crippen LogP contribution in [0, 0.1) is 0 Å². The van der Waals surface area contributed by atoms with Crippen molar-refractivity contribution in [2.24, 2.45) is 0 Å². The van der Waals surface area contributed by atoms with E-state index in [0.29, 0.717) is 16.5 Å². The van der Waals surface area contributed by atoms with Crippen molar-refractivity contribution in [3.05, 3.63) is 64.7 Å². The summed E-state index contributed by atoms with van der Waals surface area (Å²) in [6.07, 6.45) is 5.61. The van der Waals surface area contributed by atoms with Crippen LogP contribution in [0.3, 0.4) is 0 Å². The van der Waals surface area contributed by atoms with Gasteiger partial charge in [0.25, 0.3) is 0 Å². The Morgan fingerprint density at radius 2 is 1.64 bits per heavy atom. The minimum Gasteiger partial charge on any atom is -0.481 e. The van der Waals surface area contributed by atoms with E-state index in [2.05, 4.69) is 4.72 Å². The van der Waals surface area contributed by atoms with Gasteiger partial charge in [-0.1, -0.05) is 55.1 Å². The second-order valence-electron chi connectivity index (χ2n) is 7.23. The van der Waals surface area contributed by atoms with Crippen LogP contribution in [0.2, 0.25) is 5.02 Å². The highest BCUT2D eigenvalue weighted by molar-refractivity contribution is 7.89. The van der Waals surface area contributed by atoms with Crippen LogP contribution in [-0.4, -0.2) is 19.5 Å². The Kier molecular flexibility index (Phi) is 6.75. The van der Waals surface area contributed by atoms with Gasteiger partial charge in [0.1, 0.15) is 0 Å². The number of carboxylic acids is 1. The molecule has 28 heavy (non-hydrogen) atoms. The third kappa shape index (κ3) is 5.34. The second-order valence-corrected chi connectivity index (χ2v) is 9.38. The summed E-state index contributed by atoms with van der Waals surface area (Å²) in [7, 11) is -3.86. The van der Waals surface area contributed by atoms with Gasteiger partial charge in [0.05, 0.1) is 17.4 Å². The van der Waals surface area contributed by atoms with E-state index in [-0.39, 0.29) is 11.3 Å². The molecule has 0 saturated heterocycles. The maximum atomic E-state index is 12.8. The average Bonchev–Trinajstić information content (AvgIpc) is 2.68. The van der Waals surface area contributed by atoms with Gasteiger partial charge in [-0.05, 0) is 54.2 Å². The minimum atomic E-state index is -3.86. The molecular weight excluding hydrogens is 398 g/mol. The summed E-state index contributed by atoms with van der Waals surface area (Å²) in [5.74, 6) is -0.595. The molecule has 2 N–H and O–H groups in total. The standard InChI is InChI=1S/C21H24ClNO4S/c22-18-10-6-17(7-11-18)20(14-21(24)25)23-28(26,27)19-12-8-16(9-13-19)15-4-2-1-3-5-15/h6-13,15,20,23H,1-5,14H2,(H,24,25)/t20-/m0/s1. The first-order valence-corrected chi connectivity index (χ1v) is 11.3. The molecule has 0 radical (unpaired) electrons. The van der Waals surface area contributed by atoms with Gasteiger partial charge in [-0.25, -0.2) is 13.1 Å². The molecule has 2 aromatic rings. The van der Waals surface area contributed by atoms with Gasteiger partial charge in [-0.3, -0.25) is 4.79 Å². The van der Waals surface area contributed by atoms with Gasteiger partial charge >= 0.3 is 5.97 Å². The maximum absolute atomic E-state index is 12.8. The third-order valence-corrected chi connectivity index (χ3v) is 6.96. The fourth-order valence-corrected chi connectivity index (χ4v) is 5.06. The van der Waals surface area contributed by atoms with Crippen molar-refractivity contribution in [2.45, 2.75) is 55.4 Å². The molecule has 1 fully saturated rings. The van der Waals surface area contributed by atoms with E-state index in [4.69, 9.17) is 11.6 Å². The molecule has 1 atom stereocenters. The van der Waals surface area contributed by atoms with Crippen LogP contribution in [0.5, 0.6) is 0 Å². The van der Waals surface area contributed by atoms with E-state index in [0.717, 1.165) is 12.8 Å². The molecule has 1 aliphatic carbocycles. The number of rotatable bonds is 7. The highest BCUT2D eigenvalue weighted by Gasteiger charge is 2.24. The smallest absolute Gasteiger partial charge is 0.305 e. The van der Waals surface area contributed by atoms with E-state index in [9.17, 15) is 18.3 Å². The van der Waals surface area contributed by atoms with Gasteiger partial charge < -0.3 is 5.11 Å². The summed E-state index contributed by atoms with van der Waals surface area (Å²) in [6.45, 7) is 0. The van der Waals surface area contributed by atoms with Crippen molar-refractivity contribution in [2.75, 3.05) is 0 Å². The van der Waals surface area contributed by atoms with Gasteiger partial charge in [0.15, 0.2) is 0 Å². The zero-order valence-corrected chi connectivity index (χ0v) is 17.0. The number of sulfonamides is 1. The first kappa shape index (κ1) is 20.8. The monoisotopic (exact) mass is 421 g/mol. The number of nitrogens with one attached hydrogen (secondary N) is 1. The Labute approximate surface area is 170 Å². The summed E-state index contributed by atoms with van der Waals surface area (Å²) in [6, 6.07) is 12.6. The molecule has 5 nitrogen and oxygen atoms in total. The Morgan fingerprint density at radius 1 is 1.04 bits per heavy atom. The summed E-state index contributed by atoms with van der Waals surface area (Å²) in [5.41, 5.74) is 1.72. The molecule has 1 aliphatic rings. The van der Waals surface area contributed by atoms with Gasteiger partial charge in [-0.2, -0.15) is 0 Å². The average molecular weight is 422 g/mol. The number of aliphatic carboxylic acids is 1. The molecule has 2 aromatic carbocycles. The van der Waals surface area contributed by atoms with Gasteiger partial charge in [-0.15, -0.1) is 0 Å². The van der Waals surface area contributed by atoms with Crippen molar-refractivity contribution in [3.63, 3.8) is 0 Å². The summed E-state index contributed by atoms with van der Waals surface area (Å²) < 4.78 is 28.2. The molecule has 1 saturated carbocycles. The predicted octanol–water partition coefficient (Wildman–Crippen LogP) is 4.88. The lowest BCUT2D eigenvalue weighted by atomic mass is 9.84. The van der Waals surface area contributed by atoms with E-state index in [1.54, 1.807) is 36.4 Å². The third-order valence-electron chi connectivity index (χ3n) is 5.22. The fourth-order valence-electron chi connectivity index (χ4n) is 3.71. The first-order valence-electron chi connectivity index (χ1n) is 9.45. The van der Waals surface area contributed by atoms with Crippen LogP contribution >= 0.6 is 11.6 Å². The molecule has 0 aromatic heterocycles. The molecule has 0 spiro atoms. The SMILES string of the molecule is O=C(O)C[C@H](NS(=O)(=O)c1ccc(C2CCCCC2)cc1)c1ccc(Cl)cc1. The number of carboxylic acid groups (broad SMARTS) is 1. The number of hydrogen-bond donors (Lipinski definition) is 2. The van der Waals surface area contributed by atoms with E-state index < -0.39 is 22.0 Å². The lowest BCUT2D eigenvalue weighted by Crippen LogP contribution is -2.30. The molecule has 7 heteroatoms. The molecule has 0 bridgehead atoms. The van der Waals surface area contributed by atoms with Crippen LogP contribution in [-0.2, 0) is 14.8 Å². The van der Waals surface area contributed by atoms with Crippen LogP contribution < -0.4 is 4.72 Å². The van der Waals surface area contributed by atoms with Crippen LogP contribution in [0.1, 0.15) is 61.6 Å². The first-order chi connectivity index (χ1) is 13.3. The summed E-state index contributed by atoms with van der Waals surface area (Å²) in [4.78, 5) is 11.4. The minimum absolute atomic E-state index is 0.136. The van der Waals surface area contributed by atoms with Crippen molar-refractivity contribution in [1.29, 1.82) is 0 Å². The zero-order valence-electron chi connectivity index (χ0n) is 15.5. The van der Waals surface area contributed by atoms with E-state index >= 15 is 0 Å². The fraction of sp³-hybridized carbons (Fsp3) is 0.381. The van der Waals surface area contributed by atoms with Gasteiger partial charge in [0, 0.05) is 5.02 Å². The highest BCUT2D eigenvalue weighted by Crippen LogP contribution is 2.33. The molecule has 0 unspecified atom stereocenters. The second kappa shape index (κ2) is 9.07. The zero-order chi connectivity index (χ0) is 20.1. The van der Waals surface area contributed by atoms with Crippen LogP contribution in [0.15, 0.2) is 53.4 Å². The summed E-state index contributed by atoms with van der Waals surface area (Å²) >= 11 is 5.87. The molecule has 0 aliphatic heterocycles. The van der Waals surface area contributed by atoms with Crippen LogP contribution in [0.4, 0.5) is 0 Å². The maximum Gasteiger partial charge on any atom is 0.305 e.